The van der Waals surface area contributed by atoms with Crippen molar-refractivity contribution in [2.24, 2.45) is 4.99 Å². The van der Waals surface area contributed by atoms with E-state index < -0.39 is 0 Å². The van der Waals surface area contributed by atoms with Crippen LogP contribution in [0.4, 0.5) is 0 Å². The van der Waals surface area contributed by atoms with Crippen molar-refractivity contribution in [1.82, 2.24) is 4.90 Å². The standard InChI is InChI=1S/C12H18N2Se/c1-10(14(2)3)13-12(15-4)11-8-6-5-7-9-11/h5-10H,1-4H3. The number of hydrogen-bond acceptors (Lipinski definition) is 2. The third-order valence-electron chi connectivity index (χ3n) is 2.27. The molecule has 0 heterocycles. The Morgan fingerprint density at radius 3 is 2.33 bits per heavy atom. The summed E-state index contributed by atoms with van der Waals surface area (Å²) in [5, 5.41) is 0. The molecule has 0 bridgehead atoms. The zero-order valence-corrected chi connectivity index (χ0v) is 11.5. The van der Waals surface area contributed by atoms with Crippen molar-refractivity contribution in [3.8, 4) is 0 Å². The molecule has 0 aliphatic rings. The molecule has 0 spiro atoms. The van der Waals surface area contributed by atoms with Crippen molar-refractivity contribution in [2.45, 2.75) is 18.9 Å². The van der Waals surface area contributed by atoms with Gasteiger partial charge in [-0.15, -0.1) is 0 Å². The van der Waals surface area contributed by atoms with Crippen LogP contribution in [0.1, 0.15) is 12.5 Å². The molecule has 3 heteroatoms. The SMILES string of the molecule is C[Se]C(=NC(C)N(C)C)c1ccccc1. The van der Waals surface area contributed by atoms with Gasteiger partial charge in [0.1, 0.15) is 0 Å². The Balaban J connectivity index is 2.89. The topological polar surface area (TPSA) is 15.6 Å². The van der Waals surface area contributed by atoms with E-state index >= 15 is 0 Å². The Hall–Kier alpha value is -0.631. The number of benzene rings is 1. The maximum absolute atomic E-state index is 4.74. The van der Waals surface area contributed by atoms with Crippen molar-refractivity contribution < 1.29 is 0 Å². The summed E-state index contributed by atoms with van der Waals surface area (Å²) < 4.78 is 1.24. The van der Waals surface area contributed by atoms with Gasteiger partial charge in [0.15, 0.2) is 0 Å². The average Bonchev–Trinajstić information content (AvgIpc) is 2.26. The van der Waals surface area contributed by atoms with Gasteiger partial charge in [0.25, 0.3) is 0 Å². The summed E-state index contributed by atoms with van der Waals surface area (Å²) in [5.41, 5.74) is 1.26. The third-order valence-corrected chi connectivity index (χ3v) is 3.79. The van der Waals surface area contributed by atoms with E-state index in [2.05, 4.69) is 56.0 Å². The second kappa shape index (κ2) is 6.06. The summed E-state index contributed by atoms with van der Waals surface area (Å²) in [5.74, 6) is 2.21. The van der Waals surface area contributed by atoms with Gasteiger partial charge in [-0.05, 0) is 0 Å². The monoisotopic (exact) mass is 270 g/mol. The Bertz CT molecular complexity index is 320. The molecule has 1 aromatic carbocycles. The summed E-state index contributed by atoms with van der Waals surface area (Å²) >= 11 is 0.436. The van der Waals surface area contributed by atoms with Crippen LogP contribution in [0.15, 0.2) is 35.3 Å². The Kier molecular flexibility index (Phi) is 5.03. The molecule has 0 amide bonds. The predicted molar refractivity (Wildman–Crippen MR) is 67.7 cm³/mol. The van der Waals surface area contributed by atoms with E-state index in [0.29, 0.717) is 15.0 Å². The summed E-state index contributed by atoms with van der Waals surface area (Å²) in [7, 11) is 4.11. The molecule has 2 nitrogen and oxygen atoms in total. The Labute approximate surface area is 98.6 Å². The molecule has 15 heavy (non-hydrogen) atoms. The van der Waals surface area contributed by atoms with Crippen LogP contribution in [0.2, 0.25) is 5.82 Å². The van der Waals surface area contributed by atoms with Crippen molar-refractivity contribution in [1.29, 1.82) is 0 Å². The van der Waals surface area contributed by atoms with Crippen LogP contribution in [-0.4, -0.2) is 44.7 Å². The van der Waals surface area contributed by atoms with E-state index in [1.54, 1.807) is 0 Å². The zero-order chi connectivity index (χ0) is 11.3. The van der Waals surface area contributed by atoms with Crippen molar-refractivity contribution in [3.63, 3.8) is 0 Å². The van der Waals surface area contributed by atoms with Crippen molar-refractivity contribution >= 4 is 19.6 Å². The fourth-order valence-electron chi connectivity index (χ4n) is 1.11. The van der Waals surface area contributed by atoms with E-state index in [1.807, 2.05) is 6.07 Å². The van der Waals surface area contributed by atoms with E-state index in [9.17, 15) is 0 Å². The van der Waals surface area contributed by atoms with E-state index in [4.69, 9.17) is 4.99 Å². The number of nitrogens with zero attached hydrogens (tertiary/aromatic N) is 2. The van der Waals surface area contributed by atoms with Crippen LogP contribution in [0.5, 0.6) is 0 Å². The van der Waals surface area contributed by atoms with Gasteiger partial charge in [-0.3, -0.25) is 0 Å². The Morgan fingerprint density at radius 2 is 1.87 bits per heavy atom. The van der Waals surface area contributed by atoms with Crippen LogP contribution < -0.4 is 0 Å². The number of aliphatic imine (C=N–C) groups is 1. The molecule has 1 atom stereocenters. The molecule has 0 saturated heterocycles. The van der Waals surface area contributed by atoms with Gasteiger partial charge in [-0.25, -0.2) is 0 Å². The first kappa shape index (κ1) is 12.4. The number of hydrogen-bond donors (Lipinski definition) is 0. The summed E-state index contributed by atoms with van der Waals surface area (Å²) in [6.07, 6.45) is 0.252. The molecule has 1 rings (SSSR count). The fraction of sp³-hybridized carbons (Fsp3) is 0.417. The molecule has 0 aliphatic heterocycles. The normalized spacial score (nSPS) is 14.3. The molecule has 0 N–H and O–H groups in total. The second-order valence-electron chi connectivity index (χ2n) is 3.60. The van der Waals surface area contributed by atoms with Gasteiger partial charge >= 0.3 is 98.4 Å². The van der Waals surface area contributed by atoms with Gasteiger partial charge in [-0.1, -0.05) is 0 Å². The van der Waals surface area contributed by atoms with Gasteiger partial charge in [0.05, 0.1) is 0 Å². The number of rotatable bonds is 4. The van der Waals surface area contributed by atoms with Gasteiger partial charge in [0, 0.05) is 0 Å². The summed E-state index contributed by atoms with van der Waals surface area (Å²) in [6, 6.07) is 10.4. The van der Waals surface area contributed by atoms with Crippen molar-refractivity contribution in [3.05, 3.63) is 35.9 Å². The summed E-state index contributed by atoms with van der Waals surface area (Å²) in [6.45, 7) is 2.12. The first-order valence-electron chi connectivity index (χ1n) is 4.98. The molecule has 0 aromatic heterocycles. The van der Waals surface area contributed by atoms with Crippen LogP contribution in [0.3, 0.4) is 0 Å². The zero-order valence-electron chi connectivity index (χ0n) is 9.77. The van der Waals surface area contributed by atoms with Crippen LogP contribution in [0, 0.1) is 0 Å². The molecule has 1 aromatic rings. The van der Waals surface area contributed by atoms with Crippen LogP contribution in [-0.2, 0) is 0 Å². The predicted octanol–water partition coefficient (Wildman–Crippen LogP) is 2.09. The molecule has 0 aliphatic carbocycles. The molecule has 0 radical (unpaired) electrons. The van der Waals surface area contributed by atoms with Crippen molar-refractivity contribution in [2.75, 3.05) is 14.1 Å². The first-order valence-corrected chi connectivity index (χ1v) is 7.55. The maximum atomic E-state index is 4.74. The molecule has 0 saturated carbocycles. The van der Waals surface area contributed by atoms with E-state index in [0.717, 1.165) is 0 Å². The minimum atomic E-state index is 0.252. The van der Waals surface area contributed by atoms with Crippen LogP contribution in [0.25, 0.3) is 0 Å². The van der Waals surface area contributed by atoms with Gasteiger partial charge in [0.2, 0.25) is 0 Å². The second-order valence-corrected chi connectivity index (χ2v) is 5.27. The third kappa shape index (κ3) is 3.78. The summed E-state index contributed by atoms with van der Waals surface area (Å²) in [4.78, 5) is 6.85. The molecule has 82 valence electrons. The quantitative estimate of drug-likeness (QED) is 0.603. The van der Waals surface area contributed by atoms with Crippen LogP contribution >= 0.6 is 0 Å². The molecular formula is C12H18N2Se. The van der Waals surface area contributed by atoms with Gasteiger partial charge < -0.3 is 0 Å². The minimum absolute atomic E-state index is 0.252. The van der Waals surface area contributed by atoms with E-state index in [-0.39, 0.29) is 6.17 Å². The van der Waals surface area contributed by atoms with E-state index in [1.165, 1.54) is 10.2 Å². The molecule has 0 fully saturated rings. The molecule has 1 unspecified atom stereocenters. The average molecular weight is 269 g/mol. The first-order chi connectivity index (χ1) is 7.15. The Morgan fingerprint density at radius 1 is 1.27 bits per heavy atom. The van der Waals surface area contributed by atoms with Gasteiger partial charge in [-0.2, -0.15) is 0 Å². The molecular weight excluding hydrogens is 251 g/mol. The fourth-order valence-corrected chi connectivity index (χ4v) is 2.43.